The Morgan fingerprint density at radius 1 is 1.30 bits per heavy atom. The SMILES string of the molecule is Cc1ncccc1C#Cc1ccc(NCC2CC2)c(N=N)c1Cl. The highest BCUT2D eigenvalue weighted by atomic mass is 35.5. The Morgan fingerprint density at radius 3 is 2.78 bits per heavy atom. The number of nitrogens with one attached hydrogen (secondary N) is 2. The van der Waals surface area contributed by atoms with Crippen molar-refractivity contribution >= 4 is 23.0 Å². The summed E-state index contributed by atoms with van der Waals surface area (Å²) in [4.78, 5) is 4.21. The largest absolute Gasteiger partial charge is 0.383 e. The normalized spacial score (nSPS) is 13.1. The second-order valence-corrected chi connectivity index (χ2v) is 6.02. The Hall–Kier alpha value is -2.38. The second kappa shape index (κ2) is 6.80. The first-order chi connectivity index (χ1) is 11.2. The standard InChI is InChI=1S/C18H17ClN4/c1-12-14(3-2-10-21-12)6-7-15-8-9-16(18(23-20)17(15)19)22-11-13-4-5-13/h2-3,8-10,13,20,22H,4-5,11H2,1H3. The number of aromatic nitrogens is 1. The van der Waals surface area contributed by atoms with Crippen LogP contribution in [0.3, 0.4) is 0 Å². The molecule has 0 saturated heterocycles. The zero-order valence-electron chi connectivity index (χ0n) is 12.9. The van der Waals surface area contributed by atoms with Gasteiger partial charge in [0.1, 0.15) is 5.69 Å². The number of aryl methyl sites for hydroxylation is 1. The van der Waals surface area contributed by atoms with Gasteiger partial charge in [0, 0.05) is 23.9 Å². The van der Waals surface area contributed by atoms with Crippen LogP contribution in [-0.4, -0.2) is 11.5 Å². The zero-order chi connectivity index (χ0) is 16.2. The molecule has 0 radical (unpaired) electrons. The number of rotatable bonds is 4. The monoisotopic (exact) mass is 324 g/mol. The Labute approximate surface area is 140 Å². The fourth-order valence-electron chi connectivity index (χ4n) is 2.24. The van der Waals surface area contributed by atoms with Crippen molar-refractivity contribution < 1.29 is 0 Å². The summed E-state index contributed by atoms with van der Waals surface area (Å²) in [7, 11) is 0. The van der Waals surface area contributed by atoms with E-state index in [4.69, 9.17) is 17.1 Å². The number of nitrogens with zero attached hydrogens (tertiary/aromatic N) is 2. The van der Waals surface area contributed by atoms with Crippen LogP contribution in [0.5, 0.6) is 0 Å². The molecule has 1 fully saturated rings. The van der Waals surface area contributed by atoms with E-state index in [9.17, 15) is 0 Å². The number of halogens is 1. The van der Waals surface area contributed by atoms with E-state index in [0.717, 1.165) is 29.4 Å². The van der Waals surface area contributed by atoms with Gasteiger partial charge in [-0.05, 0) is 49.9 Å². The molecule has 1 aliphatic carbocycles. The topological polar surface area (TPSA) is 61.1 Å². The minimum absolute atomic E-state index is 0.412. The number of hydrogen-bond acceptors (Lipinski definition) is 4. The molecular formula is C18H17ClN4. The Morgan fingerprint density at radius 2 is 2.09 bits per heavy atom. The van der Waals surface area contributed by atoms with Crippen LogP contribution < -0.4 is 5.32 Å². The van der Waals surface area contributed by atoms with Crippen LogP contribution in [0.15, 0.2) is 35.6 Å². The molecule has 1 aromatic carbocycles. The summed E-state index contributed by atoms with van der Waals surface area (Å²) < 4.78 is 0. The molecule has 0 atom stereocenters. The molecule has 0 amide bonds. The van der Waals surface area contributed by atoms with E-state index in [0.29, 0.717) is 16.3 Å². The maximum atomic E-state index is 7.40. The van der Waals surface area contributed by atoms with Crippen molar-refractivity contribution in [2.24, 2.45) is 11.0 Å². The number of hydrogen-bond donors (Lipinski definition) is 2. The lowest BCUT2D eigenvalue weighted by molar-refractivity contribution is 0.888. The zero-order valence-corrected chi connectivity index (χ0v) is 13.6. The molecular weight excluding hydrogens is 308 g/mol. The summed E-state index contributed by atoms with van der Waals surface area (Å²) in [6.45, 7) is 2.82. The van der Waals surface area contributed by atoms with E-state index >= 15 is 0 Å². The molecule has 2 aromatic rings. The van der Waals surface area contributed by atoms with Gasteiger partial charge in [-0.1, -0.05) is 23.4 Å². The summed E-state index contributed by atoms with van der Waals surface area (Å²) in [6.07, 6.45) is 4.27. The summed E-state index contributed by atoms with van der Waals surface area (Å²) in [5, 5.41) is 7.31. The molecule has 5 heteroatoms. The van der Waals surface area contributed by atoms with Gasteiger partial charge in [0.2, 0.25) is 0 Å². The molecule has 0 aliphatic heterocycles. The van der Waals surface area contributed by atoms with Crippen LogP contribution in [0.2, 0.25) is 5.02 Å². The number of pyridine rings is 1. The second-order valence-electron chi connectivity index (χ2n) is 5.65. The Balaban J connectivity index is 1.88. The van der Waals surface area contributed by atoms with Gasteiger partial charge in [-0.15, -0.1) is 0 Å². The summed E-state index contributed by atoms with van der Waals surface area (Å²) in [5.74, 6) is 6.87. The predicted octanol–water partition coefficient (Wildman–Crippen LogP) is 4.93. The van der Waals surface area contributed by atoms with Gasteiger partial charge in [-0.25, -0.2) is 5.53 Å². The molecule has 0 bridgehead atoms. The molecule has 0 spiro atoms. The molecule has 3 rings (SSSR count). The van der Waals surface area contributed by atoms with Crippen molar-refractivity contribution in [2.75, 3.05) is 11.9 Å². The third kappa shape index (κ3) is 3.69. The summed E-state index contributed by atoms with van der Waals surface area (Å²) in [5.41, 5.74) is 11.0. The van der Waals surface area contributed by atoms with Gasteiger partial charge in [0.05, 0.1) is 16.4 Å². The molecule has 23 heavy (non-hydrogen) atoms. The van der Waals surface area contributed by atoms with E-state index < -0.39 is 0 Å². The van der Waals surface area contributed by atoms with Crippen LogP contribution >= 0.6 is 11.6 Å². The smallest absolute Gasteiger partial charge is 0.128 e. The quantitative estimate of drug-likeness (QED) is 0.619. The molecule has 1 aliphatic rings. The van der Waals surface area contributed by atoms with Gasteiger partial charge < -0.3 is 5.32 Å². The van der Waals surface area contributed by atoms with Crippen molar-refractivity contribution in [3.63, 3.8) is 0 Å². The third-order valence-electron chi connectivity index (χ3n) is 3.84. The van der Waals surface area contributed by atoms with Crippen LogP contribution in [0.1, 0.15) is 29.7 Å². The highest BCUT2D eigenvalue weighted by Gasteiger charge is 2.21. The Bertz CT molecular complexity index is 800. The van der Waals surface area contributed by atoms with Gasteiger partial charge >= 0.3 is 0 Å². The van der Waals surface area contributed by atoms with Crippen LogP contribution in [0.25, 0.3) is 0 Å². The van der Waals surface area contributed by atoms with Crippen molar-refractivity contribution in [1.82, 2.24) is 4.98 Å². The van der Waals surface area contributed by atoms with E-state index in [1.807, 2.05) is 31.2 Å². The first kappa shape index (κ1) is 15.5. The number of anilines is 1. The fourth-order valence-corrected chi connectivity index (χ4v) is 2.49. The highest BCUT2D eigenvalue weighted by Crippen LogP contribution is 2.37. The van der Waals surface area contributed by atoms with E-state index in [1.165, 1.54) is 12.8 Å². The minimum Gasteiger partial charge on any atom is -0.383 e. The van der Waals surface area contributed by atoms with Gasteiger partial charge in [-0.2, -0.15) is 5.11 Å². The van der Waals surface area contributed by atoms with E-state index in [-0.39, 0.29) is 0 Å². The molecule has 0 unspecified atom stereocenters. The fraction of sp³-hybridized carbons (Fsp3) is 0.278. The van der Waals surface area contributed by atoms with E-state index in [1.54, 1.807) is 6.20 Å². The number of benzene rings is 1. The lowest BCUT2D eigenvalue weighted by atomic mass is 10.1. The molecule has 1 heterocycles. The average molecular weight is 325 g/mol. The molecule has 2 N–H and O–H groups in total. The molecule has 116 valence electrons. The lowest BCUT2D eigenvalue weighted by Gasteiger charge is -2.10. The van der Waals surface area contributed by atoms with Crippen LogP contribution in [-0.2, 0) is 0 Å². The van der Waals surface area contributed by atoms with Crippen molar-refractivity contribution in [3.05, 3.63) is 52.3 Å². The molecule has 1 saturated carbocycles. The lowest BCUT2D eigenvalue weighted by Crippen LogP contribution is -2.03. The highest BCUT2D eigenvalue weighted by molar-refractivity contribution is 6.34. The molecule has 1 aromatic heterocycles. The third-order valence-corrected chi connectivity index (χ3v) is 4.23. The first-order valence-electron chi connectivity index (χ1n) is 7.56. The predicted molar refractivity (Wildman–Crippen MR) is 92.4 cm³/mol. The van der Waals surface area contributed by atoms with Crippen molar-refractivity contribution in [1.29, 1.82) is 5.53 Å². The summed E-state index contributed by atoms with van der Waals surface area (Å²) >= 11 is 6.38. The van der Waals surface area contributed by atoms with Crippen molar-refractivity contribution in [3.8, 4) is 11.8 Å². The minimum atomic E-state index is 0.412. The summed E-state index contributed by atoms with van der Waals surface area (Å²) in [6, 6.07) is 7.53. The van der Waals surface area contributed by atoms with E-state index in [2.05, 4.69) is 27.3 Å². The van der Waals surface area contributed by atoms with Gasteiger partial charge in [0.15, 0.2) is 0 Å². The average Bonchev–Trinajstić information content (AvgIpc) is 3.37. The molecule has 4 nitrogen and oxygen atoms in total. The van der Waals surface area contributed by atoms with Crippen molar-refractivity contribution in [2.45, 2.75) is 19.8 Å². The Kier molecular flexibility index (Phi) is 4.59. The maximum absolute atomic E-state index is 7.40. The van der Waals surface area contributed by atoms with Gasteiger partial charge in [0.25, 0.3) is 0 Å². The first-order valence-corrected chi connectivity index (χ1v) is 7.94. The van der Waals surface area contributed by atoms with Gasteiger partial charge in [-0.3, -0.25) is 4.98 Å². The maximum Gasteiger partial charge on any atom is 0.128 e. The van der Waals surface area contributed by atoms with Crippen LogP contribution in [0, 0.1) is 30.2 Å². The van der Waals surface area contributed by atoms with Crippen LogP contribution in [0.4, 0.5) is 11.4 Å².